The largest absolute Gasteiger partial charge is 0.355 e. The van der Waals surface area contributed by atoms with E-state index in [4.69, 9.17) is 11.7 Å². The Balaban J connectivity index is 2.63. The minimum Gasteiger partial charge on any atom is -0.302 e. The van der Waals surface area contributed by atoms with Crippen molar-refractivity contribution in [2.24, 2.45) is 11.7 Å². The lowest BCUT2D eigenvalue weighted by Gasteiger charge is -2.08. The Hall–Kier alpha value is -2.78. The Morgan fingerprint density at radius 1 is 1.05 bits per heavy atom. The number of hydrazine groups is 2. The molecule has 0 aliphatic heterocycles. The van der Waals surface area contributed by atoms with E-state index in [1.165, 1.54) is 0 Å². The van der Waals surface area contributed by atoms with Crippen LogP contribution < -0.4 is 22.5 Å². The normalized spacial score (nSPS) is 10.0. The van der Waals surface area contributed by atoms with E-state index in [2.05, 4.69) is 20.8 Å². The van der Waals surface area contributed by atoms with Crippen LogP contribution in [-0.4, -0.2) is 14.9 Å². The number of nitrogens with two attached hydrogens (primary N) is 2. The molecule has 2 rings (SSSR count). The maximum absolute atomic E-state index is 10.9. The molecule has 0 spiro atoms. The molecule has 0 aliphatic carbocycles. The van der Waals surface area contributed by atoms with Gasteiger partial charge in [0.05, 0.1) is 4.92 Å². The van der Waals surface area contributed by atoms with Crippen LogP contribution in [0.5, 0.6) is 0 Å². The number of nitrogen functional groups attached to an aromatic ring is 2. The maximum Gasteiger partial charge on any atom is 0.355 e. The first kappa shape index (κ1) is 12.7. The molecule has 98 valence electrons. The lowest BCUT2D eigenvalue weighted by molar-refractivity contribution is -0.383. The number of benzene rings is 1. The molecular formula is C10H11N7O2. The SMILES string of the molecule is NNc1nc(-c2ccccc2)nc(NN)c1[N+](=O)[O-]. The number of rotatable bonds is 4. The first-order valence-electron chi connectivity index (χ1n) is 5.22. The quantitative estimate of drug-likeness (QED) is 0.356. The van der Waals surface area contributed by atoms with Crippen molar-refractivity contribution in [3.63, 3.8) is 0 Å². The molecule has 1 heterocycles. The number of nitrogens with one attached hydrogen (secondary N) is 2. The maximum atomic E-state index is 10.9. The van der Waals surface area contributed by atoms with E-state index in [0.29, 0.717) is 5.56 Å². The average Bonchev–Trinajstić information content (AvgIpc) is 2.46. The van der Waals surface area contributed by atoms with E-state index >= 15 is 0 Å². The van der Waals surface area contributed by atoms with Gasteiger partial charge in [-0.15, -0.1) is 0 Å². The molecule has 9 heteroatoms. The first-order valence-corrected chi connectivity index (χ1v) is 5.22. The van der Waals surface area contributed by atoms with Crippen LogP contribution in [0, 0.1) is 10.1 Å². The predicted molar refractivity (Wildman–Crippen MR) is 69.7 cm³/mol. The monoisotopic (exact) mass is 261 g/mol. The van der Waals surface area contributed by atoms with Gasteiger partial charge in [0.25, 0.3) is 0 Å². The lowest BCUT2D eigenvalue weighted by atomic mass is 10.2. The molecule has 1 aromatic carbocycles. The Kier molecular flexibility index (Phi) is 3.50. The summed E-state index contributed by atoms with van der Waals surface area (Å²) in [6.07, 6.45) is 0. The number of nitrogens with zero attached hydrogens (tertiary/aromatic N) is 3. The van der Waals surface area contributed by atoms with Gasteiger partial charge in [0.15, 0.2) is 5.82 Å². The van der Waals surface area contributed by atoms with Gasteiger partial charge >= 0.3 is 5.69 Å². The van der Waals surface area contributed by atoms with Crippen molar-refractivity contribution in [3.05, 3.63) is 40.4 Å². The first-order chi connectivity index (χ1) is 9.17. The van der Waals surface area contributed by atoms with Gasteiger partial charge in [-0.2, -0.15) is 0 Å². The zero-order valence-electron chi connectivity index (χ0n) is 9.70. The molecule has 0 unspecified atom stereocenters. The van der Waals surface area contributed by atoms with Crippen LogP contribution in [-0.2, 0) is 0 Å². The van der Waals surface area contributed by atoms with Gasteiger partial charge in [0.2, 0.25) is 11.6 Å². The second-order valence-electron chi connectivity index (χ2n) is 3.50. The van der Waals surface area contributed by atoms with Crippen molar-refractivity contribution in [1.29, 1.82) is 0 Å². The third kappa shape index (κ3) is 2.41. The fourth-order valence-corrected chi connectivity index (χ4v) is 1.55. The Morgan fingerprint density at radius 3 is 2.00 bits per heavy atom. The molecular weight excluding hydrogens is 250 g/mol. The number of aromatic nitrogens is 2. The van der Waals surface area contributed by atoms with Crippen molar-refractivity contribution >= 4 is 17.3 Å². The van der Waals surface area contributed by atoms with Crippen molar-refractivity contribution in [2.45, 2.75) is 0 Å². The lowest BCUT2D eigenvalue weighted by Crippen LogP contribution is -2.17. The Morgan fingerprint density at radius 2 is 1.58 bits per heavy atom. The minimum absolute atomic E-state index is 0.119. The van der Waals surface area contributed by atoms with Crippen LogP contribution in [0.25, 0.3) is 11.4 Å². The molecule has 2 aromatic rings. The minimum atomic E-state index is -0.668. The molecule has 1 aromatic heterocycles. The van der Waals surface area contributed by atoms with E-state index in [0.717, 1.165) is 0 Å². The molecule has 0 bridgehead atoms. The van der Waals surface area contributed by atoms with Gasteiger partial charge in [-0.1, -0.05) is 30.3 Å². The van der Waals surface area contributed by atoms with E-state index in [1.54, 1.807) is 24.3 Å². The smallest absolute Gasteiger partial charge is 0.302 e. The highest BCUT2D eigenvalue weighted by Crippen LogP contribution is 2.31. The van der Waals surface area contributed by atoms with Crippen molar-refractivity contribution in [2.75, 3.05) is 10.9 Å². The summed E-state index contributed by atoms with van der Waals surface area (Å²) >= 11 is 0. The van der Waals surface area contributed by atoms with Gasteiger partial charge in [-0.25, -0.2) is 21.7 Å². The summed E-state index contributed by atoms with van der Waals surface area (Å²) in [6.45, 7) is 0. The predicted octanol–water partition coefficient (Wildman–Crippen LogP) is 0.623. The summed E-state index contributed by atoms with van der Waals surface area (Å²) in [6, 6.07) is 8.96. The van der Waals surface area contributed by atoms with Gasteiger partial charge in [0.1, 0.15) is 0 Å². The molecule has 0 fully saturated rings. The second-order valence-corrected chi connectivity index (χ2v) is 3.50. The highest BCUT2D eigenvalue weighted by atomic mass is 16.6. The standard InChI is InChI=1S/C10H11N7O2/c11-15-9-7(17(18)19)10(16-12)14-8(13-9)6-4-2-1-3-5-6/h1-5H,11-12H2,(H2,13,14,15,16). The summed E-state index contributed by atoms with van der Waals surface area (Å²) < 4.78 is 0. The van der Waals surface area contributed by atoms with E-state index in [1.807, 2.05) is 6.07 Å². The van der Waals surface area contributed by atoms with Crippen LogP contribution in [0.3, 0.4) is 0 Å². The summed E-state index contributed by atoms with van der Waals surface area (Å²) in [7, 11) is 0. The molecule has 19 heavy (non-hydrogen) atoms. The summed E-state index contributed by atoms with van der Waals surface area (Å²) in [5.74, 6) is 10.5. The number of nitro groups is 1. The van der Waals surface area contributed by atoms with Gasteiger partial charge in [0, 0.05) is 5.56 Å². The van der Waals surface area contributed by atoms with Crippen LogP contribution in [0.1, 0.15) is 0 Å². The molecule has 0 saturated carbocycles. The Labute approximate surface area is 107 Å². The van der Waals surface area contributed by atoms with E-state index in [-0.39, 0.29) is 17.5 Å². The molecule has 0 amide bonds. The number of hydrogen-bond donors (Lipinski definition) is 4. The number of anilines is 2. The van der Waals surface area contributed by atoms with E-state index in [9.17, 15) is 10.1 Å². The Bertz CT molecular complexity index is 577. The van der Waals surface area contributed by atoms with E-state index < -0.39 is 10.6 Å². The third-order valence-corrected chi connectivity index (χ3v) is 2.37. The van der Waals surface area contributed by atoms with Crippen molar-refractivity contribution < 1.29 is 4.92 Å². The topological polar surface area (TPSA) is 145 Å². The number of hydrogen-bond acceptors (Lipinski definition) is 8. The summed E-state index contributed by atoms with van der Waals surface area (Å²) in [5.41, 5.74) is 4.62. The van der Waals surface area contributed by atoms with Gasteiger partial charge in [-0.3, -0.25) is 10.1 Å². The van der Waals surface area contributed by atoms with Crippen LogP contribution >= 0.6 is 0 Å². The van der Waals surface area contributed by atoms with Crippen molar-refractivity contribution in [3.8, 4) is 11.4 Å². The zero-order chi connectivity index (χ0) is 13.8. The van der Waals surface area contributed by atoms with Crippen molar-refractivity contribution in [1.82, 2.24) is 9.97 Å². The van der Waals surface area contributed by atoms with Crippen LogP contribution in [0.2, 0.25) is 0 Å². The summed E-state index contributed by atoms with van der Waals surface area (Å²) in [4.78, 5) is 18.3. The second kappa shape index (κ2) is 5.25. The summed E-state index contributed by atoms with van der Waals surface area (Å²) in [5, 5.41) is 10.9. The van der Waals surface area contributed by atoms with Gasteiger partial charge < -0.3 is 10.9 Å². The highest BCUT2D eigenvalue weighted by Gasteiger charge is 2.24. The third-order valence-electron chi connectivity index (χ3n) is 2.37. The molecule has 0 atom stereocenters. The fraction of sp³-hybridized carbons (Fsp3) is 0. The molecule has 0 aliphatic rings. The molecule has 9 nitrogen and oxygen atoms in total. The zero-order valence-corrected chi connectivity index (χ0v) is 9.70. The van der Waals surface area contributed by atoms with Crippen LogP contribution in [0.15, 0.2) is 30.3 Å². The fourth-order valence-electron chi connectivity index (χ4n) is 1.55. The average molecular weight is 261 g/mol. The molecule has 6 N–H and O–H groups in total. The highest BCUT2D eigenvalue weighted by molar-refractivity contribution is 5.73. The van der Waals surface area contributed by atoms with Crippen LogP contribution in [0.4, 0.5) is 17.3 Å². The molecule has 0 saturated heterocycles. The van der Waals surface area contributed by atoms with Gasteiger partial charge in [-0.05, 0) is 0 Å². The molecule has 0 radical (unpaired) electrons.